The minimum atomic E-state index is -1.72. The van der Waals surface area contributed by atoms with Crippen molar-refractivity contribution in [3.63, 3.8) is 0 Å². The van der Waals surface area contributed by atoms with Gasteiger partial charge in [-0.2, -0.15) is 0 Å². The van der Waals surface area contributed by atoms with E-state index >= 15 is 0 Å². The predicted molar refractivity (Wildman–Crippen MR) is 127 cm³/mol. The number of nitrogens with two attached hydrogens (primary N) is 1. The van der Waals surface area contributed by atoms with E-state index < -0.39 is 24.0 Å². The normalized spacial score (nSPS) is 20.9. The van der Waals surface area contributed by atoms with Crippen molar-refractivity contribution in [3.05, 3.63) is 53.6 Å². The van der Waals surface area contributed by atoms with Crippen molar-refractivity contribution in [2.45, 2.75) is 18.8 Å². The maximum absolute atomic E-state index is 13.2. The molecule has 2 unspecified atom stereocenters. The van der Waals surface area contributed by atoms with Gasteiger partial charge in [-0.25, -0.2) is 0 Å². The number of anilines is 3. The molecule has 2 fully saturated rings. The summed E-state index contributed by atoms with van der Waals surface area (Å²) in [7, 11) is 0. The van der Waals surface area contributed by atoms with Crippen LogP contribution < -0.4 is 20.9 Å². The van der Waals surface area contributed by atoms with E-state index in [-0.39, 0.29) is 25.7 Å². The highest BCUT2D eigenvalue weighted by Gasteiger charge is 2.39. The second-order valence-electron chi connectivity index (χ2n) is 8.41. The number of carbonyl (C=O) groups excluding carboxylic acids is 3. The zero-order valence-electron chi connectivity index (χ0n) is 18.8. The molecule has 4 N–H and O–H groups in total. The SMILES string of the molecule is NC1=NCc2cc(NC(=O)C(O)C3OCCN(c4cccc(N5CCOCC5=O)c4)C3=O)ccc21. The minimum Gasteiger partial charge on any atom is -0.383 e. The molecule has 3 aliphatic rings. The molecule has 11 nitrogen and oxygen atoms in total. The summed E-state index contributed by atoms with van der Waals surface area (Å²) in [4.78, 5) is 45.4. The van der Waals surface area contributed by atoms with Crippen molar-refractivity contribution in [3.8, 4) is 0 Å². The van der Waals surface area contributed by atoms with Crippen molar-refractivity contribution in [2.24, 2.45) is 10.7 Å². The summed E-state index contributed by atoms with van der Waals surface area (Å²) in [6.07, 6.45) is -3.09. The van der Waals surface area contributed by atoms with Crippen LogP contribution in [0.4, 0.5) is 17.1 Å². The fourth-order valence-electron chi connectivity index (χ4n) is 4.37. The minimum absolute atomic E-state index is 0.00865. The molecule has 3 heterocycles. The summed E-state index contributed by atoms with van der Waals surface area (Å²) in [5, 5.41) is 13.3. The fourth-order valence-corrected chi connectivity index (χ4v) is 4.37. The quantitative estimate of drug-likeness (QED) is 0.547. The number of amides is 3. The van der Waals surface area contributed by atoms with Gasteiger partial charge in [0, 0.05) is 35.7 Å². The van der Waals surface area contributed by atoms with Gasteiger partial charge in [-0.1, -0.05) is 6.07 Å². The van der Waals surface area contributed by atoms with E-state index in [9.17, 15) is 19.5 Å². The molecule has 5 rings (SSSR count). The van der Waals surface area contributed by atoms with Crippen molar-refractivity contribution in [2.75, 3.05) is 48.0 Å². The average molecular weight is 479 g/mol. The van der Waals surface area contributed by atoms with Gasteiger partial charge in [0.05, 0.1) is 19.8 Å². The molecule has 2 atom stereocenters. The van der Waals surface area contributed by atoms with Crippen molar-refractivity contribution in [1.29, 1.82) is 0 Å². The first kappa shape index (κ1) is 23.0. The van der Waals surface area contributed by atoms with Gasteiger partial charge >= 0.3 is 0 Å². The third kappa shape index (κ3) is 4.48. The zero-order valence-corrected chi connectivity index (χ0v) is 18.8. The Hall–Kier alpha value is -3.80. The summed E-state index contributed by atoms with van der Waals surface area (Å²) in [6.45, 7) is 1.66. The van der Waals surface area contributed by atoms with Gasteiger partial charge in [0.2, 0.25) is 0 Å². The lowest BCUT2D eigenvalue weighted by Crippen LogP contribution is -2.55. The summed E-state index contributed by atoms with van der Waals surface area (Å²) in [5.41, 5.74) is 9.14. The molecule has 2 aromatic carbocycles. The highest BCUT2D eigenvalue weighted by molar-refractivity contribution is 6.05. The Balaban J connectivity index is 1.28. The number of benzene rings is 2. The van der Waals surface area contributed by atoms with E-state index in [1.54, 1.807) is 47.4 Å². The number of aliphatic imine (C=N–C) groups is 1. The number of hydrogen-bond acceptors (Lipinski definition) is 8. The topological polar surface area (TPSA) is 147 Å². The van der Waals surface area contributed by atoms with Gasteiger partial charge in [0.1, 0.15) is 12.4 Å². The number of hydrogen-bond donors (Lipinski definition) is 3. The summed E-state index contributed by atoms with van der Waals surface area (Å²) < 4.78 is 10.7. The molecule has 2 saturated heterocycles. The summed E-state index contributed by atoms with van der Waals surface area (Å²) in [6, 6.07) is 12.1. The molecule has 3 aliphatic heterocycles. The molecule has 11 heteroatoms. The molecule has 182 valence electrons. The van der Waals surface area contributed by atoms with Crippen LogP contribution in [-0.4, -0.2) is 73.8 Å². The van der Waals surface area contributed by atoms with Crippen LogP contribution >= 0.6 is 0 Å². The first-order chi connectivity index (χ1) is 16.9. The smallest absolute Gasteiger partial charge is 0.259 e. The van der Waals surface area contributed by atoms with Crippen LogP contribution in [0.5, 0.6) is 0 Å². The number of rotatable bonds is 5. The van der Waals surface area contributed by atoms with E-state index in [4.69, 9.17) is 15.2 Å². The Kier molecular flexibility index (Phi) is 6.20. The van der Waals surface area contributed by atoms with Gasteiger partial charge in [-0.05, 0) is 42.0 Å². The molecule has 0 aromatic heterocycles. The standard InChI is InChI=1S/C24H25N5O6/c25-22-18-5-4-15(10-14(18)12-26-22)27-23(32)20(31)21-24(33)29(7-9-35-21)17-3-1-2-16(11-17)28-6-8-34-13-19(28)30/h1-5,10-11,20-21,31H,6-9,12-13H2,(H2,25,26)(H,27,32). The monoisotopic (exact) mass is 479 g/mol. The molecular weight excluding hydrogens is 454 g/mol. The number of ether oxygens (including phenoxy) is 2. The number of fused-ring (bicyclic) bond motifs is 1. The molecule has 0 spiro atoms. The van der Waals surface area contributed by atoms with Crippen LogP contribution in [0.1, 0.15) is 11.1 Å². The number of morpholine rings is 2. The van der Waals surface area contributed by atoms with Crippen molar-refractivity contribution < 1.29 is 29.0 Å². The molecule has 3 amide bonds. The molecule has 2 aromatic rings. The van der Waals surface area contributed by atoms with Crippen LogP contribution in [0.15, 0.2) is 47.5 Å². The molecular formula is C24H25N5O6. The Bertz CT molecular complexity index is 1210. The fraction of sp³-hybridized carbons (Fsp3) is 0.333. The van der Waals surface area contributed by atoms with E-state index in [1.165, 1.54) is 4.90 Å². The van der Waals surface area contributed by atoms with Crippen LogP contribution in [0, 0.1) is 0 Å². The van der Waals surface area contributed by atoms with Gasteiger partial charge in [0.25, 0.3) is 17.7 Å². The van der Waals surface area contributed by atoms with E-state index in [1.807, 2.05) is 0 Å². The number of amidine groups is 1. The average Bonchev–Trinajstić information content (AvgIpc) is 3.24. The van der Waals surface area contributed by atoms with Crippen LogP contribution in [0.25, 0.3) is 0 Å². The maximum Gasteiger partial charge on any atom is 0.259 e. The summed E-state index contributed by atoms with van der Waals surface area (Å²) >= 11 is 0. The second kappa shape index (κ2) is 9.45. The lowest BCUT2D eigenvalue weighted by atomic mass is 10.1. The number of nitrogens with zero attached hydrogens (tertiary/aromatic N) is 3. The lowest BCUT2D eigenvalue weighted by molar-refractivity contribution is -0.150. The third-order valence-corrected chi connectivity index (χ3v) is 6.18. The van der Waals surface area contributed by atoms with Gasteiger partial charge < -0.3 is 35.4 Å². The number of carbonyl (C=O) groups is 3. The van der Waals surface area contributed by atoms with Crippen molar-refractivity contribution >= 4 is 40.6 Å². The van der Waals surface area contributed by atoms with E-state index in [2.05, 4.69) is 10.3 Å². The Morgan fingerprint density at radius 3 is 2.69 bits per heavy atom. The molecule has 0 radical (unpaired) electrons. The van der Waals surface area contributed by atoms with Crippen LogP contribution in [0.3, 0.4) is 0 Å². The number of aliphatic hydroxyl groups excluding tert-OH is 1. The van der Waals surface area contributed by atoms with Crippen molar-refractivity contribution in [1.82, 2.24) is 0 Å². The highest BCUT2D eigenvalue weighted by Crippen LogP contribution is 2.27. The van der Waals surface area contributed by atoms with E-state index in [0.29, 0.717) is 42.6 Å². The maximum atomic E-state index is 13.2. The highest BCUT2D eigenvalue weighted by atomic mass is 16.5. The first-order valence-corrected chi connectivity index (χ1v) is 11.3. The Morgan fingerprint density at radius 2 is 1.89 bits per heavy atom. The van der Waals surface area contributed by atoms with Gasteiger partial charge in [-0.15, -0.1) is 0 Å². The zero-order chi connectivity index (χ0) is 24.5. The number of aliphatic hydroxyl groups is 1. The third-order valence-electron chi connectivity index (χ3n) is 6.18. The molecule has 0 bridgehead atoms. The Morgan fingerprint density at radius 1 is 1.11 bits per heavy atom. The van der Waals surface area contributed by atoms with Gasteiger partial charge in [0.15, 0.2) is 12.2 Å². The van der Waals surface area contributed by atoms with Gasteiger partial charge in [-0.3, -0.25) is 19.4 Å². The largest absolute Gasteiger partial charge is 0.383 e. The molecule has 0 aliphatic carbocycles. The first-order valence-electron chi connectivity index (χ1n) is 11.3. The molecule has 35 heavy (non-hydrogen) atoms. The van der Waals surface area contributed by atoms with Crippen LogP contribution in [0.2, 0.25) is 0 Å². The second-order valence-corrected chi connectivity index (χ2v) is 8.41. The predicted octanol–water partition coefficient (Wildman–Crippen LogP) is 0.0001000. The van der Waals surface area contributed by atoms with E-state index in [0.717, 1.165) is 11.1 Å². The molecule has 0 saturated carbocycles. The van der Waals surface area contributed by atoms with Crippen LogP contribution in [-0.2, 0) is 30.4 Å². The summed E-state index contributed by atoms with van der Waals surface area (Å²) in [5.74, 6) is -1.02. The Labute approximate surface area is 201 Å². The lowest BCUT2D eigenvalue weighted by Gasteiger charge is -2.35. The number of nitrogens with one attached hydrogen (secondary N) is 1.